The first kappa shape index (κ1) is 12.6. The van der Waals surface area contributed by atoms with E-state index < -0.39 is 0 Å². The van der Waals surface area contributed by atoms with Crippen molar-refractivity contribution in [2.24, 2.45) is 5.73 Å². The van der Waals surface area contributed by atoms with Crippen molar-refractivity contribution in [1.82, 2.24) is 0 Å². The summed E-state index contributed by atoms with van der Waals surface area (Å²) in [6.45, 7) is 10.9. The Kier molecular flexibility index (Phi) is 3.51. The van der Waals surface area contributed by atoms with Gasteiger partial charge >= 0.3 is 0 Å². The standard InChI is InChI=1S/C13H21NS/c1-8-6-10(13(3,4)5)7-9(2)11(8)12(14)15/h6-7,12,15H,14H2,1-5H3. The molecule has 1 atom stereocenters. The van der Waals surface area contributed by atoms with E-state index in [4.69, 9.17) is 5.73 Å². The summed E-state index contributed by atoms with van der Waals surface area (Å²) in [5, 5.41) is -0.181. The van der Waals surface area contributed by atoms with Gasteiger partial charge in [0, 0.05) is 0 Å². The van der Waals surface area contributed by atoms with E-state index in [0.29, 0.717) is 0 Å². The van der Waals surface area contributed by atoms with Crippen LogP contribution in [0.2, 0.25) is 0 Å². The normalized spacial score (nSPS) is 14.1. The number of aryl methyl sites for hydroxylation is 2. The van der Waals surface area contributed by atoms with Crippen molar-refractivity contribution in [3.63, 3.8) is 0 Å². The highest BCUT2D eigenvalue weighted by Crippen LogP contribution is 2.29. The van der Waals surface area contributed by atoms with Gasteiger partial charge in [0.25, 0.3) is 0 Å². The summed E-state index contributed by atoms with van der Waals surface area (Å²) in [6.07, 6.45) is 0. The summed E-state index contributed by atoms with van der Waals surface area (Å²) in [5.41, 5.74) is 11.0. The number of hydrogen-bond acceptors (Lipinski definition) is 2. The van der Waals surface area contributed by atoms with Crippen molar-refractivity contribution in [3.8, 4) is 0 Å². The van der Waals surface area contributed by atoms with E-state index in [2.05, 4.69) is 59.4 Å². The Morgan fingerprint density at radius 2 is 1.53 bits per heavy atom. The van der Waals surface area contributed by atoms with E-state index in [1.165, 1.54) is 16.7 Å². The molecule has 2 heteroatoms. The molecule has 0 heterocycles. The SMILES string of the molecule is Cc1cc(C(C)(C)C)cc(C)c1C(N)S. The van der Waals surface area contributed by atoms with Gasteiger partial charge in [0.1, 0.15) is 0 Å². The molecule has 84 valence electrons. The molecule has 0 saturated heterocycles. The van der Waals surface area contributed by atoms with Gasteiger partial charge < -0.3 is 5.73 Å². The second-order valence-electron chi connectivity index (χ2n) is 5.22. The lowest BCUT2D eigenvalue weighted by atomic mass is 9.84. The minimum absolute atomic E-state index is 0.181. The van der Waals surface area contributed by atoms with Crippen molar-refractivity contribution in [2.45, 2.75) is 45.4 Å². The molecule has 1 aromatic carbocycles. The summed E-state index contributed by atoms with van der Waals surface area (Å²) >= 11 is 4.31. The van der Waals surface area contributed by atoms with Crippen molar-refractivity contribution in [3.05, 3.63) is 34.4 Å². The van der Waals surface area contributed by atoms with Gasteiger partial charge in [-0.2, -0.15) is 12.6 Å². The van der Waals surface area contributed by atoms with Crippen LogP contribution in [0.25, 0.3) is 0 Å². The van der Waals surface area contributed by atoms with Crippen molar-refractivity contribution in [1.29, 1.82) is 0 Å². The van der Waals surface area contributed by atoms with Crippen LogP contribution in [0.15, 0.2) is 12.1 Å². The highest BCUT2D eigenvalue weighted by molar-refractivity contribution is 7.80. The van der Waals surface area contributed by atoms with Gasteiger partial charge in [0.05, 0.1) is 5.37 Å². The number of nitrogens with two attached hydrogens (primary N) is 1. The molecule has 0 aliphatic rings. The molecule has 0 bridgehead atoms. The summed E-state index contributed by atoms with van der Waals surface area (Å²) in [4.78, 5) is 0. The zero-order chi connectivity index (χ0) is 11.8. The van der Waals surface area contributed by atoms with E-state index in [-0.39, 0.29) is 10.8 Å². The molecule has 1 rings (SSSR count). The van der Waals surface area contributed by atoms with Gasteiger partial charge in [-0.25, -0.2) is 0 Å². The van der Waals surface area contributed by atoms with Gasteiger partial charge in [-0.05, 0) is 41.5 Å². The maximum Gasteiger partial charge on any atom is 0.0739 e. The Morgan fingerprint density at radius 1 is 1.13 bits per heavy atom. The lowest BCUT2D eigenvalue weighted by molar-refractivity contribution is 0.588. The molecule has 1 nitrogen and oxygen atoms in total. The van der Waals surface area contributed by atoms with Gasteiger partial charge in [-0.1, -0.05) is 32.9 Å². The van der Waals surface area contributed by atoms with Crippen molar-refractivity contribution < 1.29 is 0 Å². The molecule has 0 spiro atoms. The van der Waals surface area contributed by atoms with E-state index in [1.54, 1.807) is 0 Å². The fourth-order valence-electron chi connectivity index (χ4n) is 1.87. The molecule has 0 aromatic heterocycles. The number of hydrogen-bond donors (Lipinski definition) is 2. The Balaban J connectivity index is 3.32. The van der Waals surface area contributed by atoms with Crippen LogP contribution >= 0.6 is 12.6 Å². The van der Waals surface area contributed by atoms with Crippen LogP contribution < -0.4 is 5.73 Å². The van der Waals surface area contributed by atoms with Crippen LogP contribution in [0.5, 0.6) is 0 Å². The van der Waals surface area contributed by atoms with Crippen LogP contribution in [0.4, 0.5) is 0 Å². The smallest absolute Gasteiger partial charge is 0.0739 e. The molecule has 2 N–H and O–H groups in total. The molecule has 15 heavy (non-hydrogen) atoms. The third-order valence-corrected chi connectivity index (χ3v) is 3.01. The maximum absolute atomic E-state index is 5.84. The molecule has 0 aliphatic carbocycles. The van der Waals surface area contributed by atoms with Crippen molar-refractivity contribution >= 4 is 12.6 Å². The third-order valence-electron chi connectivity index (χ3n) is 2.76. The summed E-state index contributed by atoms with van der Waals surface area (Å²) in [5.74, 6) is 0. The van der Waals surface area contributed by atoms with E-state index in [1.807, 2.05) is 0 Å². The van der Waals surface area contributed by atoms with E-state index in [9.17, 15) is 0 Å². The number of benzene rings is 1. The first-order chi connectivity index (χ1) is 6.73. The van der Waals surface area contributed by atoms with Crippen LogP contribution in [0, 0.1) is 13.8 Å². The zero-order valence-corrected chi connectivity index (χ0v) is 11.2. The molecular formula is C13H21NS. The molecule has 1 unspecified atom stereocenters. The second-order valence-corrected chi connectivity index (χ2v) is 5.77. The van der Waals surface area contributed by atoms with Crippen LogP contribution in [-0.2, 0) is 5.41 Å². The topological polar surface area (TPSA) is 26.0 Å². The molecular weight excluding hydrogens is 202 g/mol. The lowest BCUT2D eigenvalue weighted by Gasteiger charge is -2.23. The molecule has 0 radical (unpaired) electrons. The summed E-state index contributed by atoms with van der Waals surface area (Å²) in [7, 11) is 0. The zero-order valence-electron chi connectivity index (χ0n) is 10.3. The Hall–Kier alpha value is -0.470. The van der Waals surface area contributed by atoms with Gasteiger partial charge in [-0.15, -0.1) is 0 Å². The van der Waals surface area contributed by atoms with Gasteiger partial charge in [0.2, 0.25) is 0 Å². The maximum atomic E-state index is 5.84. The monoisotopic (exact) mass is 223 g/mol. The predicted octanol–water partition coefficient (Wildman–Crippen LogP) is 3.49. The first-order valence-electron chi connectivity index (χ1n) is 5.28. The third kappa shape index (κ3) is 2.76. The highest BCUT2D eigenvalue weighted by Gasteiger charge is 2.17. The fraction of sp³-hybridized carbons (Fsp3) is 0.538. The molecule has 1 aromatic rings. The Bertz CT molecular complexity index is 338. The average molecular weight is 223 g/mol. The van der Waals surface area contributed by atoms with Gasteiger partial charge in [0.15, 0.2) is 0 Å². The number of thiol groups is 1. The van der Waals surface area contributed by atoms with Crippen LogP contribution in [-0.4, -0.2) is 0 Å². The van der Waals surface area contributed by atoms with E-state index >= 15 is 0 Å². The van der Waals surface area contributed by atoms with Crippen molar-refractivity contribution in [2.75, 3.05) is 0 Å². The molecule has 0 amide bonds. The number of rotatable bonds is 1. The summed E-state index contributed by atoms with van der Waals surface area (Å²) in [6, 6.07) is 4.44. The quantitative estimate of drug-likeness (QED) is 0.553. The average Bonchev–Trinajstić information content (AvgIpc) is 1.99. The predicted molar refractivity (Wildman–Crippen MR) is 70.5 cm³/mol. The fourth-order valence-corrected chi connectivity index (χ4v) is 2.28. The van der Waals surface area contributed by atoms with Crippen LogP contribution in [0.1, 0.15) is 48.4 Å². The largest absolute Gasteiger partial charge is 0.316 e. The van der Waals surface area contributed by atoms with Crippen LogP contribution in [0.3, 0.4) is 0 Å². The highest BCUT2D eigenvalue weighted by atomic mass is 32.1. The Morgan fingerprint density at radius 3 is 1.80 bits per heavy atom. The minimum atomic E-state index is -0.181. The molecule has 0 aliphatic heterocycles. The Labute approximate surface area is 98.5 Å². The van der Waals surface area contributed by atoms with Gasteiger partial charge in [-0.3, -0.25) is 0 Å². The lowest BCUT2D eigenvalue weighted by Crippen LogP contribution is -2.14. The first-order valence-corrected chi connectivity index (χ1v) is 5.80. The van der Waals surface area contributed by atoms with E-state index in [0.717, 1.165) is 5.56 Å². The minimum Gasteiger partial charge on any atom is -0.316 e. The molecule has 0 saturated carbocycles. The summed E-state index contributed by atoms with van der Waals surface area (Å²) < 4.78 is 0. The second kappa shape index (κ2) is 4.18. The molecule has 0 fully saturated rings.